The van der Waals surface area contributed by atoms with Crippen LogP contribution in [-0.4, -0.2) is 29.8 Å². The highest BCUT2D eigenvalue weighted by Gasteiger charge is 2.34. The van der Waals surface area contributed by atoms with Crippen LogP contribution in [0.2, 0.25) is 0 Å². The monoisotopic (exact) mass is 374 g/mol. The van der Waals surface area contributed by atoms with Gasteiger partial charge in [0.15, 0.2) is 0 Å². The van der Waals surface area contributed by atoms with Crippen LogP contribution >= 0.6 is 0 Å². The fourth-order valence-corrected chi connectivity index (χ4v) is 2.88. The molecule has 1 heterocycles. The third-order valence-electron chi connectivity index (χ3n) is 4.27. The SMILES string of the molecule is CC(C)(C)C(=O)N1CCCC(C(=O)Nc2cc(C(F)(F)F)ccc2F)C1. The lowest BCUT2D eigenvalue weighted by Crippen LogP contribution is -2.47. The molecule has 1 saturated heterocycles. The number of anilines is 1. The van der Waals surface area contributed by atoms with Gasteiger partial charge in [0, 0.05) is 18.5 Å². The third-order valence-corrected chi connectivity index (χ3v) is 4.27. The zero-order chi connectivity index (χ0) is 19.7. The first-order valence-corrected chi connectivity index (χ1v) is 8.36. The van der Waals surface area contributed by atoms with E-state index in [1.54, 1.807) is 25.7 Å². The molecular weight excluding hydrogens is 352 g/mol. The Kier molecular flexibility index (Phi) is 5.63. The number of carbonyl (C=O) groups excluding carboxylic acids is 2. The summed E-state index contributed by atoms with van der Waals surface area (Å²) in [6, 6.07) is 1.87. The predicted molar refractivity (Wildman–Crippen MR) is 88.8 cm³/mol. The van der Waals surface area contributed by atoms with Gasteiger partial charge in [-0.2, -0.15) is 13.2 Å². The van der Waals surface area contributed by atoms with E-state index in [9.17, 15) is 27.2 Å². The Hall–Kier alpha value is -2.12. The number of benzene rings is 1. The highest BCUT2D eigenvalue weighted by Crippen LogP contribution is 2.32. The summed E-state index contributed by atoms with van der Waals surface area (Å²) < 4.78 is 52.1. The number of rotatable bonds is 2. The van der Waals surface area contributed by atoms with Crippen molar-refractivity contribution in [2.24, 2.45) is 11.3 Å². The lowest BCUT2D eigenvalue weighted by atomic mass is 9.91. The molecule has 2 rings (SSSR count). The van der Waals surface area contributed by atoms with Crippen molar-refractivity contribution in [3.05, 3.63) is 29.6 Å². The summed E-state index contributed by atoms with van der Waals surface area (Å²) >= 11 is 0. The van der Waals surface area contributed by atoms with Crippen LogP contribution in [0.5, 0.6) is 0 Å². The van der Waals surface area contributed by atoms with Crippen molar-refractivity contribution < 1.29 is 27.2 Å². The summed E-state index contributed by atoms with van der Waals surface area (Å²) in [5.74, 6) is -2.22. The van der Waals surface area contributed by atoms with Crippen LogP contribution in [0.15, 0.2) is 18.2 Å². The van der Waals surface area contributed by atoms with Crippen LogP contribution in [0.25, 0.3) is 0 Å². The summed E-state index contributed by atoms with van der Waals surface area (Å²) in [4.78, 5) is 26.3. The zero-order valence-electron chi connectivity index (χ0n) is 14.9. The smallest absolute Gasteiger partial charge is 0.341 e. The fourth-order valence-electron chi connectivity index (χ4n) is 2.88. The number of halogens is 4. The van der Waals surface area contributed by atoms with Gasteiger partial charge in [-0.25, -0.2) is 4.39 Å². The van der Waals surface area contributed by atoms with E-state index in [0.717, 1.165) is 0 Å². The molecular formula is C18H22F4N2O2. The molecule has 0 saturated carbocycles. The largest absolute Gasteiger partial charge is 0.416 e. The van der Waals surface area contributed by atoms with Crippen molar-refractivity contribution in [3.63, 3.8) is 0 Å². The number of nitrogens with zero attached hydrogens (tertiary/aromatic N) is 1. The molecule has 1 atom stereocenters. The molecule has 1 N–H and O–H groups in total. The molecule has 1 aliphatic rings. The highest BCUT2D eigenvalue weighted by atomic mass is 19.4. The zero-order valence-corrected chi connectivity index (χ0v) is 14.9. The van der Waals surface area contributed by atoms with Crippen LogP contribution in [0.4, 0.5) is 23.2 Å². The Bertz CT molecular complexity index is 695. The summed E-state index contributed by atoms with van der Waals surface area (Å²) in [6.07, 6.45) is -3.54. The second-order valence-electron chi connectivity index (χ2n) is 7.52. The van der Waals surface area contributed by atoms with Crippen molar-refractivity contribution >= 4 is 17.5 Å². The Balaban J connectivity index is 2.11. The lowest BCUT2D eigenvalue weighted by Gasteiger charge is -2.35. The maximum atomic E-state index is 13.8. The third kappa shape index (κ3) is 4.74. The van der Waals surface area contributed by atoms with Gasteiger partial charge in [-0.3, -0.25) is 9.59 Å². The second-order valence-corrected chi connectivity index (χ2v) is 7.52. The molecule has 26 heavy (non-hydrogen) atoms. The number of hydrogen-bond acceptors (Lipinski definition) is 2. The normalized spacial score (nSPS) is 18.6. The fraction of sp³-hybridized carbons (Fsp3) is 0.556. The predicted octanol–water partition coefficient (Wildman–Crippen LogP) is 4.07. The number of hydrogen-bond donors (Lipinski definition) is 1. The molecule has 0 aromatic heterocycles. The maximum Gasteiger partial charge on any atom is 0.416 e. The quantitative estimate of drug-likeness (QED) is 0.794. The van der Waals surface area contributed by atoms with Gasteiger partial charge in [0.2, 0.25) is 11.8 Å². The van der Waals surface area contributed by atoms with E-state index < -0.39 is 40.5 Å². The molecule has 1 unspecified atom stereocenters. The first-order valence-electron chi connectivity index (χ1n) is 8.36. The minimum atomic E-state index is -4.63. The van der Waals surface area contributed by atoms with Gasteiger partial charge in [0.05, 0.1) is 17.2 Å². The first-order chi connectivity index (χ1) is 11.9. The van der Waals surface area contributed by atoms with E-state index in [-0.39, 0.29) is 12.5 Å². The van der Waals surface area contributed by atoms with Crippen molar-refractivity contribution in [2.45, 2.75) is 39.8 Å². The number of alkyl halides is 3. The molecule has 1 fully saturated rings. The van der Waals surface area contributed by atoms with Crippen molar-refractivity contribution in [1.29, 1.82) is 0 Å². The summed E-state index contributed by atoms with van der Waals surface area (Å²) in [5.41, 5.74) is -2.14. The Morgan fingerprint density at radius 3 is 2.42 bits per heavy atom. The van der Waals surface area contributed by atoms with Gasteiger partial charge in [-0.15, -0.1) is 0 Å². The molecule has 2 amide bonds. The Labute approximate surface area is 149 Å². The van der Waals surface area contributed by atoms with Gasteiger partial charge in [-0.1, -0.05) is 20.8 Å². The average molecular weight is 374 g/mol. The minimum absolute atomic E-state index is 0.0970. The van der Waals surface area contributed by atoms with Crippen LogP contribution < -0.4 is 5.32 Å². The molecule has 0 radical (unpaired) electrons. The second kappa shape index (κ2) is 7.25. The van der Waals surface area contributed by atoms with Crippen molar-refractivity contribution in [2.75, 3.05) is 18.4 Å². The summed E-state index contributed by atoms with van der Waals surface area (Å²) in [6.45, 7) is 6.02. The van der Waals surface area contributed by atoms with Crippen molar-refractivity contribution in [1.82, 2.24) is 4.90 Å². The Morgan fingerprint density at radius 1 is 1.19 bits per heavy atom. The van der Waals surface area contributed by atoms with Gasteiger partial charge in [0.25, 0.3) is 0 Å². The van der Waals surface area contributed by atoms with Crippen LogP contribution in [0, 0.1) is 17.2 Å². The first kappa shape index (κ1) is 20.2. The highest BCUT2D eigenvalue weighted by molar-refractivity contribution is 5.93. The van der Waals surface area contributed by atoms with Gasteiger partial charge in [-0.05, 0) is 31.0 Å². The van der Waals surface area contributed by atoms with Crippen LogP contribution in [0.3, 0.4) is 0 Å². The van der Waals surface area contributed by atoms with E-state index in [1.165, 1.54) is 0 Å². The number of nitrogens with one attached hydrogen (secondary N) is 1. The molecule has 1 aromatic rings. The molecule has 0 bridgehead atoms. The van der Waals surface area contributed by atoms with E-state index in [0.29, 0.717) is 37.6 Å². The average Bonchev–Trinajstić information content (AvgIpc) is 2.54. The topological polar surface area (TPSA) is 49.4 Å². The molecule has 4 nitrogen and oxygen atoms in total. The summed E-state index contributed by atoms with van der Waals surface area (Å²) in [5, 5.41) is 2.24. The van der Waals surface area contributed by atoms with E-state index >= 15 is 0 Å². The van der Waals surface area contributed by atoms with E-state index in [4.69, 9.17) is 0 Å². The molecule has 0 spiro atoms. The lowest BCUT2D eigenvalue weighted by molar-refractivity contribution is -0.142. The number of amides is 2. The molecule has 0 aliphatic carbocycles. The van der Waals surface area contributed by atoms with E-state index in [1.807, 2.05) is 0 Å². The van der Waals surface area contributed by atoms with Gasteiger partial charge >= 0.3 is 6.18 Å². The van der Waals surface area contributed by atoms with Crippen LogP contribution in [-0.2, 0) is 15.8 Å². The standard InChI is InChI=1S/C18H22F4N2O2/c1-17(2,3)16(26)24-8-4-5-11(10-24)15(25)23-14-9-12(18(20,21)22)6-7-13(14)19/h6-7,9,11H,4-5,8,10H2,1-3H3,(H,23,25). The van der Waals surface area contributed by atoms with Crippen LogP contribution in [0.1, 0.15) is 39.2 Å². The maximum absolute atomic E-state index is 13.8. The van der Waals surface area contributed by atoms with Gasteiger partial charge in [0.1, 0.15) is 5.82 Å². The van der Waals surface area contributed by atoms with Gasteiger partial charge < -0.3 is 10.2 Å². The number of piperidine rings is 1. The molecule has 1 aromatic carbocycles. The molecule has 1 aliphatic heterocycles. The minimum Gasteiger partial charge on any atom is -0.341 e. The Morgan fingerprint density at radius 2 is 1.85 bits per heavy atom. The van der Waals surface area contributed by atoms with E-state index in [2.05, 4.69) is 5.32 Å². The molecule has 144 valence electrons. The number of carbonyl (C=O) groups is 2. The summed E-state index contributed by atoms with van der Waals surface area (Å²) in [7, 11) is 0. The molecule has 8 heteroatoms. The number of likely N-dealkylation sites (tertiary alicyclic amines) is 1. The van der Waals surface area contributed by atoms with Crippen molar-refractivity contribution in [3.8, 4) is 0 Å².